The molecule has 3 N–H and O–H groups in total. The first-order chi connectivity index (χ1) is 8.44. The van der Waals surface area contributed by atoms with E-state index in [-0.39, 0.29) is 18.0 Å². The molecule has 0 fully saturated rings. The van der Waals surface area contributed by atoms with Crippen molar-refractivity contribution in [2.24, 2.45) is 11.1 Å². The third-order valence-electron chi connectivity index (χ3n) is 2.91. The highest BCUT2D eigenvalue weighted by Crippen LogP contribution is 2.36. The average Bonchev–Trinajstić information content (AvgIpc) is 2.25. The van der Waals surface area contributed by atoms with Gasteiger partial charge in [0, 0.05) is 4.47 Å². The van der Waals surface area contributed by atoms with Crippen molar-refractivity contribution in [2.45, 2.75) is 39.1 Å². The fourth-order valence-corrected chi connectivity index (χ4v) is 2.20. The Hall–Kier alpha value is -0.300. The van der Waals surface area contributed by atoms with Crippen molar-refractivity contribution in [3.8, 4) is 0 Å². The van der Waals surface area contributed by atoms with Crippen LogP contribution in [0.15, 0.2) is 22.7 Å². The Morgan fingerprint density at radius 1 is 1.20 bits per heavy atom. The molecule has 116 valence electrons. The van der Waals surface area contributed by atoms with E-state index in [0.717, 1.165) is 12.1 Å². The van der Waals surface area contributed by atoms with Crippen LogP contribution < -0.4 is 5.73 Å². The summed E-state index contributed by atoms with van der Waals surface area (Å²) in [5.74, 6) is 0. The standard InChI is InChI=1S/C13H17BrF3NO.ClH/c1-12(2,3)11(19)10(18)8-6-7(13(15,16)17)4-5-9(8)14;/h4-6,10-11,19H,18H2,1-3H3;1H/t10-,11-;/m1./s1. The fraction of sp³-hybridized carbons (Fsp3) is 0.538. The molecule has 1 rings (SSSR count). The topological polar surface area (TPSA) is 46.2 Å². The lowest BCUT2D eigenvalue weighted by Gasteiger charge is -2.31. The predicted molar refractivity (Wildman–Crippen MR) is 78.8 cm³/mol. The Morgan fingerprint density at radius 3 is 2.10 bits per heavy atom. The highest BCUT2D eigenvalue weighted by molar-refractivity contribution is 9.10. The Labute approximate surface area is 131 Å². The molecule has 0 unspecified atom stereocenters. The van der Waals surface area contributed by atoms with Crippen molar-refractivity contribution < 1.29 is 18.3 Å². The Kier molecular flexibility index (Phi) is 6.54. The summed E-state index contributed by atoms with van der Waals surface area (Å²) >= 11 is 3.17. The maximum absolute atomic E-state index is 12.7. The van der Waals surface area contributed by atoms with E-state index in [4.69, 9.17) is 5.73 Å². The zero-order valence-electron chi connectivity index (χ0n) is 11.3. The van der Waals surface area contributed by atoms with Gasteiger partial charge in [-0.2, -0.15) is 13.2 Å². The smallest absolute Gasteiger partial charge is 0.391 e. The molecule has 0 aromatic heterocycles. The lowest BCUT2D eigenvalue weighted by atomic mass is 9.82. The molecule has 0 heterocycles. The van der Waals surface area contributed by atoms with Crippen LogP contribution in [0.25, 0.3) is 0 Å². The first-order valence-corrected chi connectivity index (χ1v) is 6.54. The molecule has 0 spiro atoms. The number of benzene rings is 1. The lowest BCUT2D eigenvalue weighted by molar-refractivity contribution is -0.137. The Morgan fingerprint density at radius 2 is 1.70 bits per heavy atom. The second kappa shape index (κ2) is 6.64. The van der Waals surface area contributed by atoms with E-state index in [0.29, 0.717) is 4.47 Å². The molecule has 1 aromatic carbocycles. The maximum atomic E-state index is 12.7. The molecule has 0 aliphatic heterocycles. The van der Waals surface area contributed by atoms with Crippen LogP contribution in [0.5, 0.6) is 0 Å². The minimum absolute atomic E-state index is 0. The van der Waals surface area contributed by atoms with E-state index in [1.807, 2.05) is 0 Å². The second-order valence-electron chi connectivity index (χ2n) is 5.57. The molecule has 0 saturated heterocycles. The van der Waals surface area contributed by atoms with Crippen LogP contribution in [-0.2, 0) is 6.18 Å². The fourth-order valence-electron chi connectivity index (χ4n) is 1.68. The van der Waals surface area contributed by atoms with Crippen molar-refractivity contribution >= 4 is 28.3 Å². The highest BCUT2D eigenvalue weighted by atomic mass is 79.9. The van der Waals surface area contributed by atoms with E-state index in [2.05, 4.69) is 15.9 Å². The van der Waals surface area contributed by atoms with Gasteiger partial charge in [-0.25, -0.2) is 0 Å². The van der Waals surface area contributed by atoms with E-state index >= 15 is 0 Å². The molecule has 0 bridgehead atoms. The molecule has 0 aliphatic carbocycles. The average molecular weight is 377 g/mol. The van der Waals surface area contributed by atoms with Gasteiger partial charge in [-0.3, -0.25) is 0 Å². The van der Waals surface area contributed by atoms with E-state index in [1.165, 1.54) is 6.07 Å². The number of alkyl halides is 3. The maximum Gasteiger partial charge on any atom is 0.416 e. The van der Waals surface area contributed by atoms with E-state index in [9.17, 15) is 18.3 Å². The molecule has 0 aliphatic rings. The van der Waals surface area contributed by atoms with Crippen molar-refractivity contribution in [2.75, 3.05) is 0 Å². The highest BCUT2D eigenvalue weighted by Gasteiger charge is 2.34. The molecular weight excluding hydrogens is 358 g/mol. The summed E-state index contributed by atoms with van der Waals surface area (Å²) in [4.78, 5) is 0. The molecule has 0 amide bonds. The first kappa shape index (κ1) is 19.7. The molecule has 20 heavy (non-hydrogen) atoms. The van der Waals surface area contributed by atoms with Crippen LogP contribution in [0.4, 0.5) is 13.2 Å². The third kappa shape index (κ3) is 4.62. The van der Waals surface area contributed by atoms with Crippen LogP contribution in [0, 0.1) is 5.41 Å². The number of halogens is 5. The van der Waals surface area contributed by atoms with Gasteiger partial charge in [-0.15, -0.1) is 12.4 Å². The number of aliphatic hydroxyl groups is 1. The quantitative estimate of drug-likeness (QED) is 0.808. The zero-order valence-corrected chi connectivity index (χ0v) is 13.7. The first-order valence-electron chi connectivity index (χ1n) is 5.75. The van der Waals surface area contributed by atoms with Crippen molar-refractivity contribution in [3.63, 3.8) is 0 Å². The van der Waals surface area contributed by atoms with Crippen LogP contribution in [0.2, 0.25) is 0 Å². The monoisotopic (exact) mass is 375 g/mol. The number of hydrogen-bond acceptors (Lipinski definition) is 2. The van der Waals surface area contributed by atoms with Gasteiger partial charge in [0.05, 0.1) is 17.7 Å². The van der Waals surface area contributed by atoms with Gasteiger partial charge in [0.15, 0.2) is 0 Å². The van der Waals surface area contributed by atoms with Crippen LogP contribution >= 0.6 is 28.3 Å². The van der Waals surface area contributed by atoms with Gasteiger partial charge in [-0.05, 0) is 29.2 Å². The van der Waals surface area contributed by atoms with Crippen molar-refractivity contribution in [1.82, 2.24) is 0 Å². The summed E-state index contributed by atoms with van der Waals surface area (Å²) in [5.41, 5.74) is 4.84. The van der Waals surface area contributed by atoms with Crippen molar-refractivity contribution in [3.05, 3.63) is 33.8 Å². The zero-order chi connectivity index (χ0) is 15.0. The van der Waals surface area contributed by atoms with Crippen LogP contribution in [0.1, 0.15) is 37.9 Å². The predicted octanol–water partition coefficient (Wildman–Crippen LogP) is 4.30. The summed E-state index contributed by atoms with van der Waals surface area (Å²) in [6.45, 7) is 5.33. The number of rotatable bonds is 2. The number of nitrogens with two attached hydrogens (primary N) is 1. The molecule has 7 heteroatoms. The van der Waals surface area contributed by atoms with Crippen LogP contribution in [0.3, 0.4) is 0 Å². The molecule has 0 radical (unpaired) electrons. The third-order valence-corrected chi connectivity index (χ3v) is 3.63. The largest absolute Gasteiger partial charge is 0.416 e. The SMILES string of the molecule is CC(C)(C)[C@H](O)[C@H](N)c1cc(C(F)(F)F)ccc1Br.Cl. The minimum Gasteiger partial charge on any atom is -0.391 e. The molecule has 0 saturated carbocycles. The van der Waals surface area contributed by atoms with Gasteiger partial charge < -0.3 is 10.8 Å². The number of aliphatic hydroxyl groups excluding tert-OH is 1. The summed E-state index contributed by atoms with van der Waals surface area (Å²) in [7, 11) is 0. The summed E-state index contributed by atoms with van der Waals surface area (Å²) in [6, 6.07) is 2.36. The van der Waals surface area contributed by atoms with Gasteiger partial charge in [0.25, 0.3) is 0 Å². The second-order valence-corrected chi connectivity index (χ2v) is 6.43. The normalized spacial score (nSPS) is 15.4. The number of hydrogen-bond donors (Lipinski definition) is 2. The lowest BCUT2D eigenvalue weighted by Crippen LogP contribution is -2.37. The Bertz CT molecular complexity index is 460. The summed E-state index contributed by atoms with van der Waals surface area (Å²) in [6.07, 6.45) is -5.38. The van der Waals surface area contributed by atoms with Gasteiger partial charge in [0.1, 0.15) is 0 Å². The van der Waals surface area contributed by atoms with E-state index in [1.54, 1.807) is 20.8 Å². The van der Waals surface area contributed by atoms with Gasteiger partial charge in [-0.1, -0.05) is 36.7 Å². The minimum atomic E-state index is -4.43. The molecule has 2 atom stereocenters. The van der Waals surface area contributed by atoms with Gasteiger partial charge >= 0.3 is 6.18 Å². The molecular formula is C13H18BrClF3NO. The summed E-state index contributed by atoms with van der Waals surface area (Å²) in [5, 5.41) is 10.1. The molecule has 2 nitrogen and oxygen atoms in total. The van der Waals surface area contributed by atoms with Gasteiger partial charge in [0.2, 0.25) is 0 Å². The van der Waals surface area contributed by atoms with Crippen LogP contribution in [-0.4, -0.2) is 11.2 Å². The van der Waals surface area contributed by atoms with E-state index < -0.39 is 29.3 Å². The Balaban J connectivity index is 0.00000361. The molecule has 1 aromatic rings. The summed E-state index contributed by atoms with van der Waals surface area (Å²) < 4.78 is 38.5. The van der Waals surface area contributed by atoms with Crippen molar-refractivity contribution in [1.29, 1.82) is 0 Å².